The zero-order valence-electron chi connectivity index (χ0n) is 17.6. The van der Waals surface area contributed by atoms with Crippen LogP contribution in [0.1, 0.15) is 32.8 Å². The van der Waals surface area contributed by atoms with Crippen LogP contribution in [0, 0.1) is 5.92 Å². The third-order valence-electron chi connectivity index (χ3n) is 5.93. The van der Waals surface area contributed by atoms with E-state index in [1.54, 1.807) is 24.3 Å². The van der Waals surface area contributed by atoms with Gasteiger partial charge in [-0.25, -0.2) is 0 Å². The summed E-state index contributed by atoms with van der Waals surface area (Å²) in [4.78, 5) is 40.4. The van der Waals surface area contributed by atoms with Gasteiger partial charge in [-0.05, 0) is 35.9 Å². The van der Waals surface area contributed by atoms with Crippen LogP contribution in [0.3, 0.4) is 0 Å². The first-order chi connectivity index (χ1) is 14.2. The zero-order valence-corrected chi connectivity index (χ0v) is 17.6. The third kappa shape index (κ3) is 3.18. The maximum atomic E-state index is 13.1. The molecule has 1 N–H and O–H groups in total. The molecular formula is C24H25N3O3. The second kappa shape index (κ2) is 7.13. The van der Waals surface area contributed by atoms with Gasteiger partial charge in [-0.2, -0.15) is 0 Å². The number of hydrogen-bond acceptors (Lipinski definition) is 4. The Labute approximate surface area is 176 Å². The molecule has 1 atom stereocenters. The monoisotopic (exact) mass is 403 g/mol. The molecule has 4 rings (SSSR count). The molecule has 1 fully saturated rings. The number of para-hydroxylation sites is 1. The normalized spacial score (nSPS) is 21.3. The Morgan fingerprint density at radius 1 is 1.10 bits per heavy atom. The van der Waals surface area contributed by atoms with Gasteiger partial charge in [0.2, 0.25) is 17.7 Å². The van der Waals surface area contributed by atoms with Crippen LogP contribution >= 0.6 is 0 Å². The fourth-order valence-electron chi connectivity index (χ4n) is 4.45. The van der Waals surface area contributed by atoms with Gasteiger partial charge in [0.15, 0.2) is 0 Å². The lowest BCUT2D eigenvalue weighted by Gasteiger charge is -2.25. The van der Waals surface area contributed by atoms with Crippen molar-refractivity contribution >= 4 is 34.8 Å². The Bertz CT molecular complexity index is 1070. The minimum absolute atomic E-state index is 0.149. The molecule has 0 bridgehead atoms. The van der Waals surface area contributed by atoms with Crippen molar-refractivity contribution in [1.29, 1.82) is 0 Å². The van der Waals surface area contributed by atoms with E-state index in [0.29, 0.717) is 11.4 Å². The van der Waals surface area contributed by atoms with Gasteiger partial charge in [-0.15, -0.1) is 0 Å². The van der Waals surface area contributed by atoms with Gasteiger partial charge in [-0.3, -0.25) is 19.3 Å². The van der Waals surface area contributed by atoms with Gasteiger partial charge < -0.3 is 10.2 Å². The van der Waals surface area contributed by atoms with Gasteiger partial charge in [0, 0.05) is 42.9 Å². The average Bonchev–Trinajstić information content (AvgIpc) is 3.08. The SMILES string of the molecule is CC(=O)Nc1ccc(N2C(=O)CC(/C=C3\N(C)c4ccccc4C3(C)C)C2=O)cc1. The van der Waals surface area contributed by atoms with Crippen LogP contribution < -0.4 is 15.1 Å². The van der Waals surface area contributed by atoms with E-state index in [1.165, 1.54) is 17.4 Å². The van der Waals surface area contributed by atoms with Crippen LogP contribution in [0.2, 0.25) is 0 Å². The first-order valence-corrected chi connectivity index (χ1v) is 10.00. The van der Waals surface area contributed by atoms with Gasteiger partial charge in [-0.1, -0.05) is 38.1 Å². The van der Waals surface area contributed by atoms with Crippen molar-refractivity contribution in [3.05, 3.63) is 65.9 Å². The van der Waals surface area contributed by atoms with Crippen molar-refractivity contribution in [3.8, 4) is 0 Å². The molecule has 2 aliphatic heterocycles. The quantitative estimate of drug-likeness (QED) is 0.791. The number of rotatable bonds is 3. The second-order valence-electron chi connectivity index (χ2n) is 8.36. The topological polar surface area (TPSA) is 69.7 Å². The predicted molar refractivity (Wildman–Crippen MR) is 117 cm³/mol. The van der Waals surface area contributed by atoms with Gasteiger partial charge in [0.25, 0.3) is 0 Å². The minimum atomic E-state index is -0.501. The summed E-state index contributed by atoms with van der Waals surface area (Å²) in [7, 11) is 2.00. The van der Waals surface area contributed by atoms with E-state index >= 15 is 0 Å². The first-order valence-electron chi connectivity index (χ1n) is 10.00. The van der Waals surface area contributed by atoms with E-state index in [4.69, 9.17) is 0 Å². The van der Waals surface area contributed by atoms with E-state index in [9.17, 15) is 14.4 Å². The van der Waals surface area contributed by atoms with Crippen molar-refractivity contribution < 1.29 is 14.4 Å². The molecule has 2 heterocycles. The van der Waals surface area contributed by atoms with Gasteiger partial charge >= 0.3 is 0 Å². The fourth-order valence-corrected chi connectivity index (χ4v) is 4.45. The van der Waals surface area contributed by atoms with Crippen LogP contribution in [-0.4, -0.2) is 24.8 Å². The Kier molecular flexibility index (Phi) is 4.73. The van der Waals surface area contributed by atoms with Crippen LogP contribution in [0.25, 0.3) is 0 Å². The van der Waals surface area contributed by atoms with Crippen molar-refractivity contribution in [2.75, 3.05) is 22.2 Å². The van der Waals surface area contributed by atoms with Crippen LogP contribution in [0.5, 0.6) is 0 Å². The largest absolute Gasteiger partial charge is 0.347 e. The highest BCUT2D eigenvalue weighted by Gasteiger charge is 2.43. The molecular weight excluding hydrogens is 378 g/mol. The Balaban J connectivity index is 1.61. The van der Waals surface area contributed by atoms with Crippen molar-refractivity contribution in [1.82, 2.24) is 0 Å². The summed E-state index contributed by atoms with van der Waals surface area (Å²) in [6, 6.07) is 14.9. The number of hydrogen-bond donors (Lipinski definition) is 1. The number of amides is 3. The first kappa shape index (κ1) is 19.9. The Morgan fingerprint density at radius 3 is 2.40 bits per heavy atom. The number of allylic oxidation sites excluding steroid dienone is 1. The van der Waals surface area contributed by atoms with Crippen molar-refractivity contribution in [2.24, 2.45) is 5.92 Å². The smallest absolute Gasteiger partial charge is 0.241 e. The Morgan fingerprint density at radius 2 is 1.77 bits per heavy atom. The van der Waals surface area contributed by atoms with Gasteiger partial charge in [0.05, 0.1) is 11.6 Å². The standard InChI is InChI=1S/C24H25N3O3/c1-15(28)25-17-9-11-18(12-10-17)27-22(29)14-16(23(27)30)13-21-24(2,3)19-7-5-6-8-20(19)26(21)4/h5-13,16H,14H2,1-4H3,(H,25,28)/b21-13-. The maximum Gasteiger partial charge on any atom is 0.241 e. The number of nitrogens with one attached hydrogen (secondary N) is 1. The predicted octanol–water partition coefficient (Wildman–Crippen LogP) is 3.84. The van der Waals surface area contributed by atoms with Crippen LogP contribution in [-0.2, 0) is 19.8 Å². The van der Waals surface area contributed by atoms with E-state index in [0.717, 1.165) is 11.4 Å². The highest BCUT2D eigenvalue weighted by Crippen LogP contribution is 2.47. The lowest BCUT2D eigenvalue weighted by Crippen LogP contribution is -2.31. The summed E-state index contributed by atoms with van der Waals surface area (Å²) < 4.78 is 0. The molecule has 0 radical (unpaired) electrons. The van der Waals surface area contributed by atoms with Gasteiger partial charge in [0.1, 0.15) is 0 Å². The summed E-state index contributed by atoms with van der Waals surface area (Å²) in [5.74, 6) is -1.12. The summed E-state index contributed by atoms with van der Waals surface area (Å²) >= 11 is 0. The molecule has 0 spiro atoms. The summed E-state index contributed by atoms with van der Waals surface area (Å²) in [6.45, 7) is 5.71. The number of likely N-dealkylation sites (N-methyl/N-ethyl adjacent to an activating group) is 1. The lowest BCUT2D eigenvalue weighted by molar-refractivity contribution is -0.122. The zero-order chi connectivity index (χ0) is 21.6. The van der Waals surface area contributed by atoms with E-state index in [2.05, 4.69) is 36.2 Å². The molecule has 3 amide bonds. The highest BCUT2D eigenvalue weighted by atomic mass is 16.2. The maximum absolute atomic E-state index is 13.1. The van der Waals surface area contributed by atoms with Crippen molar-refractivity contribution in [2.45, 2.75) is 32.6 Å². The highest BCUT2D eigenvalue weighted by molar-refractivity contribution is 6.21. The van der Waals surface area contributed by atoms with Crippen LogP contribution in [0.15, 0.2) is 60.3 Å². The van der Waals surface area contributed by atoms with Crippen LogP contribution in [0.4, 0.5) is 17.1 Å². The van der Waals surface area contributed by atoms with Crippen molar-refractivity contribution in [3.63, 3.8) is 0 Å². The number of carbonyl (C=O) groups is 3. The third-order valence-corrected chi connectivity index (χ3v) is 5.93. The van der Waals surface area contributed by atoms with E-state index in [1.807, 2.05) is 25.3 Å². The lowest BCUT2D eigenvalue weighted by atomic mass is 9.82. The number of carbonyl (C=O) groups excluding carboxylic acids is 3. The number of benzene rings is 2. The molecule has 2 aliphatic rings. The molecule has 1 saturated heterocycles. The molecule has 2 aromatic rings. The summed E-state index contributed by atoms with van der Waals surface area (Å²) in [5, 5.41) is 2.68. The number of nitrogens with zero attached hydrogens (tertiary/aromatic N) is 2. The molecule has 154 valence electrons. The minimum Gasteiger partial charge on any atom is -0.347 e. The van der Waals surface area contributed by atoms with E-state index < -0.39 is 5.92 Å². The molecule has 0 saturated carbocycles. The fraction of sp³-hybridized carbons (Fsp3) is 0.292. The molecule has 1 unspecified atom stereocenters. The number of imide groups is 1. The number of anilines is 3. The molecule has 0 aromatic heterocycles. The summed E-state index contributed by atoms with van der Waals surface area (Å²) in [6.07, 6.45) is 2.10. The Hall–Kier alpha value is -3.41. The molecule has 6 heteroatoms. The average molecular weight is 403 g/mol. The van der Waals surface area contributed by atoms with E-state index in [-0.39, 0.29) is 29.6 Å². The molecule has 30 heavy (non-hydrogen) atoms. The number of fused-ring (bicyclic) bond motifs is 1. The molecule has 6 nitrogen and oxygen atoms in total. The summed E-state index contributed by atoms with van der Waals surface area (Å²) in [5.41, 5.74) is 4.25. The molecule has 0 aliphatic carbocycles. The second-order valence-corrected chi connectivity index (χ2v) is 8.36. The molecule has 2 aromatic carbocycles.